The van der Waals surface area contributed by atoms with E-state index in [0.717, 1.165) is 43.1 Å². The zero-order valence-electron chi connectivity index (χ0n) is 11.4. The highest BCUT2D eigenvalue weighted by atomic mass is 15.4. The van der Waals surface area contributed by atoms with Crippen molar-refractivity contribution in [1.29, 1.82) is 0 Å². The van der Waals surface area contributed by atoms with Crippen LogP contribution in [0.1, 0.15) is 12.5 Å². The van der Waals surface area contributed by atoms with Gasteiger partial charge in [-0.25, -0.2) is 4.52 Å². The largest absolute Gasteiger partial charge is 0.336 e. The summed E-state index contributed by atoms with van der Waals surface area (Å²) in [5.41, 5.74) is 2.15. The zero-order valence-corrected chi connectivity index (χ0v) is 11.4. The van der Waals surface area contributed by atoms with E-state index in [1.807, 2.05) is 16.8 Å². The maximum absolute atomic E-state index is 4.73. The van der Waals surface area contributed by atoms with Crippen LogP contribution in [0.5, 0.6) is 0 Å². The second-order valence-electron chi connectivity index (χ2n) is 5.85. The van der Waals surface area contributed by atoms with E-state index in [-0.39, 0.29) is 0 Å². The Hall–Kier alpha value is -1.62. The summed E-state index contributed by atoms with van der Waals surface area (Å²) in [7, 11) is 0. The lowest BCUT2D eigenvalue weighted by atomic mass is 9.95. The molecular weight excluding hydrogens is 238 g/mol. The second-order valence-corrected chi connectivity index (χ2v) is 5.85. The van der Waals surface area contributed by atoms with Gasteiger partial charge in [-0.3, -0.25) is 0 Å². The molecule has 2 aliphatic heterocycles. The average molecular weight is 257 g/mol. The van der Waals surface area contributed by atoms with E-state index in [1.54, 1.807) is 0 Å². The van der Waals surface area contributed by atoms with Crippen molar-refractivity contribution in [2.75, 3.05) is 24.5 Å². The smallest absolute Gasteiger partial charge is 0.245 e. The number of fused-ring (bicyclic) bond motifs is 2. The molecule has 3 atom stereocenters. The first-order chi connectivity index (χ1) is 9.24. The minimum absolute atomic E-state index is 0.526. The van der Waals surface area contributed by atoms with E-state index in [9.17, 15) is 0 Å². The lowest BCUT2D eigenvalue weighted by molar-refractivity contribution is 0.471. The van der Waals surface area contributed by atoms with Gasteiger partial charge in [0.25, 0.3) is 0 Å². The Morgan fingerprint density at radius 1 is 1.37 bits per heavy atom. The topological polar surface area (TPSA) is 45.5 Å². The van der Waals surface area contributed by atoms with Gasteiger partial charge in [-0.15, -0.1) is 5.10 Å². The second kappa shape index (κ2) is 3.93. The highest BCUT2D eigenvalue weighted by molar-refractivity contribution is 5.51. The van der Waals surface area contributed by atoms with Gasteiger partial charge in [0.05, 0.1) is 0 Å². The Kier molecular flexibility index (Phi) is 2.33. The van der Waals surface area contributed by atoms with Crippen LogP contribution < -0.4 is 10.2 Å². The van der Waals surface area contributed by atoms with Gasteiger partial charge in [-0.2, -0.15) is 4.98 Å². The summed E-state index contributed by atoms with van der Waals surface area (Å²) < 4.78 is 1.89. The van der Waals surface area contributed by atoms with Gasteiger partial charge < -0.3 is 10.2 Å². The Bertz CT molecular complexity index is 619. The van der Waals surface area contributed by atoms with Crippen molar-refractivity contribution >= 4 is 11.6 Å². The van der Waals surface area contributed by atoms with Gasteiger partial charge in [0, 0.05) is 31.9 Å². The van der Waals surface area contributed by atoms with Gasteiger partial charge in [-0.1, -0.05) is 6.07 Å². The first-order valence-corrected chi connectivity index (χ1v) is 7.03. The number of hydrogen-bond acceptors (Lipinski definition) is 4. The summed E-state index contributed by atoms with van der Waals surface area (Å²) >= 11 is 0. The monoisotopic (exact) mass is 257 g/mol. The lowest BCUT2D eigenvalue weighted by Crippen LogP contribution is -2.33. The predicted molar refractivity (Wildman–Crippen MR) is 74.4 cm³/mol. The minimum atomic E-state index is 0.526. The molecule has 5 heteroatoms. The Morgan fingerprint density at radius 3 is 3.05 bits per heavy atom. The van der Waals surface area contributed by atoms with Crippen LogP contribution in [0.3, 0.4) is 0 Å². The van der Waals surface area contributed by atoms with Crippen LogP contribution >= 0.6 is 0 Å². The number of pyridine rings is 1. The van der Waals surface area contributed by atoms with Crippen LogP contribution in [0, 0.1) is 18.8 Å². The maximum Gasteiger partial charge on any atom is 0.245 e. The van der Waals surface area contributed by atoms with E-state index >= 15 is 0 Å². The van der Waals surface area contributed by atoms with Crippen LogP contribution in [-0.4, -0.2) is 40.3 Å². The first kappa shape index (κ1) is 11.2. The fourth-order valence-corrected chi connectivity index (χ4v) is 3.58. The third kappa shape index (κ3) is 1.57. The Labute approximate surface area is 112 Å². The molecule has 0 saturated carbocycles. The molecule has 1 N–H and O–H groups in total. The molecule has 0 radical (unpaired) electrons. The van der Waals surface area contributed by atoms with Crippen molar-refractivity contribution in [2.24, 2.45) is 11.8 Å². The molecule has 0 aromatic carbocycles. The first-order valence-electron chi connectivity index (χ1n) is 7.03. The van der Waals surface area contributed by atoms with E-state index < -0.39 is 0 Å². The van der Waals surface area contributed by atoms with Crippen LogP contribution in [0.4, 0.5) is 5.95 Å². The van der Waals surface area contributed by atoms with Gasteiger partial charge in [-0.05, 0) is 37.3 Å². The molecule has 2 aromatic heterocycles. The summed E-state index contributed by atoms with van der Waals surface area (Å²) in [6.07, 6.45) is 1.97. The molecule has 2 aliphatic rings. The Morgan fingerprint density at radius 2 is 2.26 bits per heavy atom. The zero-order chi connectivity index (χ0) is 13.0. The van der Waals surface area contributed by atoms with E-state index in [2.05, 4.69) is 35.2 Å². The van der Waals surface area contributed by atoms with E-state index in [1.165, 1.54) is 5.56 Å². The number of nitrogens with one attached hydrogen (secondary N) is 1. The van der Waals surface area contributed by atoms with Gasteiger partial charge in [0.1, 0.15) is 0 Å². The molecule has 19 heavy (non-hydrogen) atoms. The van der Waals surface area contributed by atoms with Crippen molar-refractivity contribution in [3.8, 4) is 0 Å². The minimum Gasteiger partial charge on any atom is -0.336 e. The maximum atomic E-state index is 4.73. The summed E-state index contributed by atoms with van der Waals surface area (Å²) in [4.78, 5) is 7.11. The van der Waals surface area contributed by atoms with Crippen molar-refractivity contribution in [2.45, 2.75) is 19.9 Å². The third-order valence-electron chi connectivity index (χ3n) is 4.74. The molecule has 3 unspecified atom stereocenters. The number of anilines is 1. The highest BCUT2D eigenvalue weighted by Crippen LogP contribution is 2.34. The molecule has 5 nitrogen and oxygen atoms in total. The molecule has 2 fully saturated rings. The summed E-state index contributed by atoms with van der Waals surface area (Å²) in [5.74, 6) is 2.38. The van der Waals surface area contributed by atoms with Crippen LogP contribution in [0.2, 0.25) is 0 Å². The third-order valence-corrected chi connectivity index (χ3v) is 4.74. The standard InChI is InChI=1S/C14H19N5/c1-9-4-3-5-19-13(9)16-14(17-19)18-8-11-6-15-7-12(11)10(18)2/h3-5,10-12,15H,6-8H2,1-2H3. The molecule has 2 saturated heterocycles. The SMILES string of the molecule is Cc1cccn2nc(N3CC4CNCC4C3C)nc12. The van der Waals surface area contributed by atoms with Crippen molar-refractivity contribution in [3.63, 3.8) is 0 Å². The van der Waals surface area contributed by atoms with Crippen LogP contribution in [-0.2, 0) is 0 Å². The highest BCUT2D eigenvalue weighted by Gasteiger charge is 2.43. The molecular formula is C14H19N5. The lowest BCUT2D eigenvalue weighted by Gasteiger charge is -2.22. The molecule has 100 valence electrons. The molecule has 2 aromatic rings. The number of hydrogen-bond donors (Lipinski definition) is 1. The Balaban J connectivity index is 1.73. The summed E-state index contributed by atoms with van der Waals surface area (Å²) in [6, 6.07) is 4.63. The van der Waals surface area contributed by atoms with Crippen LogP contribution in [0.15, 0.2) is 18.3 Å². The molecule has 4 heterocycles. The number of nitrogens with zero attached hydrogens (tertiary/aromatic N) is 4. The fourth-order valence-electron chi connectivity index (χ4n) is 3.58. The van der Waals surface area contributed by atoms with Crippen molar-refractivity contribution in [1.82, 2.24) is 19.9 Å². The molecule has 0 aliphatic carbocycles. The van der Waals surface area contributed by atoms with E-state index in [4.69, 9.17) is 4.98 Å². The van der Waals surface area contributed by atoms with E-state index in [0.29, 0.717) is 6.04 Å². The summed E-state index contributed by atoms with van der Waals surface area (Å²) in [5, 5.41) is 8.13. The van der Waals surface area contributed by atoms with Crippen molar-refractivity contribution in [3.05, 3.63) is 23.9 Å². The molecule has 0 bridgehead atoms. The van der Waals surface area contributed by atoms with Crippen molar-refractivity contribution < 1.29 is 0 Å². The fraction of sp³-hybridized carbons (Fsp3) is 0.571. The average Bonchev–Trinajstić information content (AvgIpc) is 3.06. The predicted octanol–water partition coefficient (Wildman–Crippen LogP) is 1.08. The summed E-state index contributed by atoms with van der Waals surface area (Å²) in [6.45, 7) is 7.73. The molecule has 4 rings (SSSR count). The number of aryl methyl sites for hydroxylation is 1. The number of aromatic nitrogens is 3. The normalized spacial score (nSPS) is 30.2. The molecule has 0 amide bonds. The van der Waals surface area contributed by atoms with Gasteiger partial charge >= 0.3 is 0 Å². The van der Waals surface area contributed by atoms with Gasteiger partial charge in [0.15, 0.2) is 5.65 Å². The molecule has 0 spiro atoms. The quantitative estimate of drug-likeness (QED) is 0.830. The van der Waals surface area contributed by atoms with Crippen LogP contribution in [0.25, 0.3) is 5.65 Å². The number of rotatable bonds is 1. The van der Waals surface area contributed by atoms with Gasteiger partial charge in [0.2, 0.25) is 5.95 Å².